The quantitative estimate of drug-likeness (QED) is 0.742. The van der Waals surface area contributed by atoms with Crippen molar-refractivity contribution in [3.63, 3.8) is 0 Å². The van der Waals surface area contributed by atoms with E-state index in [9.17, 15) is 9.18 Å². The molecule has 7 nitrogen and oxygen atoms in total. The zero-order chi connectivity index (χ0) is 22.7. The fraction of sp³-hybridized carbons (Fsp3) is 0.458. The average Bonchev–Trinajstić information content (AvgIpc) is 3.22. The Bertz CT molecular complexity index is 955. The molecule has 0 saturated carbocycles. The van der Waals surface area contributed by atoms with Crippen molar-refractivity contribution in [1.82, 2.24) is 15.5 Å². The third-order valence-corrected chi connectivity index (χ3v) is 5.67. The van der Waals surface area contributed by atoms with E-state index in [1.165, 1.54) is 6.07 Å². The Hall–Kier alpha value is -3.00. The number of piperazine rings is 1. The highest BCUT2D eigenvalue weighted by molar-refractivity contribution is 5.74. The predicted octanol–water partition coefficient (Wildman–Crippen LogP) is 3.52. The van der Waals surface area contributed by atoms with E-state index in [-0.39, 0.29) is 30.2 Å². The lowest BCUT2D eigenvalue weighted by atomic mass is 10.0. The summed E-state index contributed by atoms with van der Waals surface area (Å²) in [5.41, 5.74) is 1.36. The van der Waals surface area contributed by atoms with E-state index >= 15 is 0 Å². The molecule has 0 aromatic heterocycles. The Balaban J connectivity index is 1.48. The first kappa shape index (κ1) is 22.2. The molecule has 172 valence electrons. The fourth-order valence-corrected chi connectivity index (χ4v) is 4.14. The molecule has 1 saturated heterocycles. The number of fused-ring (bicyclic) bond motifs is 1. The second-order valence-electron chi connectivity index (χ2n) is 9.19. The van der Waals surface area contributed by atoms with Crippen molar-refractivity contribution < 1.29 is 18.7 Å². The number of hydrogen-bond donors (Lipinski definition) is 2. The molecule has 2 aromatic rings. The number of anilines is 1. The van der Waals surface area contributed by atoms with E-state index in [0.29, 0.717) is 25.3 Å². The number of rotatable bonds is 5. The van der Waals surface area contributed by atoms with Crippen LogP contribution in [-0.4, -0.2) is 56.0 Å². The smallest absolute Gasteiger partial charge is 0.315 e. The Kier molecular flexibility index (Phi) is 6.41. The molecule has 2 aliphatic heterocycles. The van der Waals surface area contributed by atoms with Gasteiger partial charge in [0, 0.05) is 38.3 Å². The summed E-state index contributed by atoms with van der Waals surface area (Å²) in [6.45, 7) is 9.41. The monoisotopic (exact) mass is 442 g/mol. The van der Waals surface area contributed by atoms with Crippen molar-refractivity contribution in [3.8, 4) is 11.5 Å². The molecule has 0 bridgehead atoms. The molecule has 1 unspecified atom stereocenters. The van der Waals surface area contributed by atoms with Crippen LogP contribution >= 0.6 is 0 Å². The third-order valence-electron chi connectivity index (χ3n) is 5.67. The number of amides is 2. The van der Waals surface area contributed by atoms with Crippen molar-refractivity contribution >= 4 is 11.7 Å². The zero-order valence-electron chi connectivity index (χ0n) is 18.9. The summed E-state index contributed by atoms with van der Waals surface area (Å²) in [5.74, 6) is 1.25. The van der Waals surface area contributed by atoms with E-state index in [0.717, 1.165) is 30.2 Å². The van der Waals surface area contributed by atoms with Crippen LogP contribution in [0.1, 0.15) is 32.4 Å². The van der Waals surface area contributed by atoms with Gasteiger partial charge in [0.25, 0.3) is 0 Å². The van der Waals surface area contributed by atoms with Crippen molar-refractivity contribution in [2.45, 2.75) is 32.4 Å². The number of carbonyl (C=O) groups is 1. The molecule has 2 heterocycles. The highest BCUT2D eigenvalue weighted by Crippen LogP contribution is 2.36. The molecule has 32 heavy (non-hydrogen) atoms. The van der Waals surface area contributed by atoms with E-state index in [1.807, 2.05) is 51.1 Å². The van der Waals surface area contributed by atoms with Gasteiger partial charge in [0.1, 0.15) is 5.82 Å². The number of urea groups is 1. The van der Waals surface area contributed by atoms with Gasteiger partial charge in [0.05, 0.1) is 11.7 Å². The maximum Gasteiger partial charge on any atom is 0.315 e. The second kappa shape index (κ2) is 9.24. The predicted molar refractivity (Wildman–Crippen MR) is 122 cm³/mol. The van der Waals surface area contributed by atoms with Gasteiger partial charge in [-0.2, -0.15) is 0 Å². The van der Waals surface area contributed by atoms with Crippen molar-refractivity contribution in [2.75, 3.05) is 44.4 Å². The maximum atomic E-state index is 14.2. The standard InChI is InChI=1S/C24H31FN4O3/c1-24(2,3)27-23(30)26-15-20(17-8-9-21-22(14-17)32-16-31-21)29-12-10-28(11-13-29)19-7-5-4-6-18(19)25/h4-9,14,20H,10-13,15-16H2,1-3H3,(H2,26,27,30). The molecule has 1 atom stereocenters. The number of carbonyl (C=O) groups excluding carboxylic acids is 1. The van der Waals surface area contributed by atoms with Crippen LogP contribution < -0.4 is 25.0 Å². The molecule has 2 amide bonds. The van der Waals surface area contributed by atoms with Crippen molar-refractivity contribution in [3.05, 3.63) is 53.8 Å². The van der Waals surface area contributed by atoms with E-state index < -0.39 is 0 Å². The highest BCUT2D eigenvalue weighted by Gasteiger charge is 2.28. The van der Waals surface area contributed by atoms with Gasteiger partial charge in [0.2, 0.25) is 6.79 Å². The van der Waals surface area contributed by atoms with Gasteiger partial charge in [0.15, 0.2) is 11.5 Å². The van der Waals surface area contributed by atoms with E-state index in [2.05, 4.69) is 20.4 Å². The van der Waals surface area contributed by atoms with Gasteiger partial charge in [-0.15, -0.1) is 0 Å². The van der Waals surface area contributed by atoms with Crippen molar-refractivity contribution in [2.24, 2.45) is 0 Å². The van der Waals surface area contributed by atoms with Gasteiger partial charge < -0.3 is 25.0 Å². The minimum absolute atomic E-state index is 0.0435. The molecule has 0 radical (unpaired) electrons. The molecule has 8 heteroatoms. The maximum absolute atomic E-state index is 14.2. The van der Waals surface area contributed by atoms with Crippen LogP contribution in [0.4, 0.5) is 14.9 Å². The lowest BCUT2D eigenvalue weighted by molar-refractivity contribution is 0.172. The van der Waals surface area contributed by atoms with Gasteiger partial charge in [-0.1, -0.05) is 18.2 Å². The van der Waals surface area contributed by atoms with Crippen LogP contribution in [0.5, 0.6) is 11.5 Å². The summed E-state index contributed by atoms with van der Waals surface area (Å²) in [6.07, 6.45) is 0. The number of para-hydroxylation sites is 1. The van der Waals surface area contributed by atoms with Crippen LogP contribution in [0.3, 0.4) is 0 Å². The Morgan fingerprint density at radius 2 is 1.78 bits per heavy atom. The molecule has 1 fully saturated rings. The summed E-state index contributed by atoms with van der Waals surface area (Å²) in [7, 11) is 0. The van der Waals surface area contributed by atoms with Crippen LogP contribution in [-0.2, 0) is 0 Å². The Morgan fingerprint density at radius 3 is 2.50 bits per heavy atom. The first-order chi connectivity index (χ1) is 15.3. The zero-order valence-corrected chi connectivity index (χ0v) is 18.9. The van der Waals surface area contributed by atoms with Gasteiger partial charge in [-0.3, -0.25) is 4.90 Å². The topological polar surface area (TPSA) is 66.1 Å². The second-order valence-corrected chi connectivity index (χ2v) is 9.19. The van der Waals surface area contributed by atoms with Crippen LogP contribution in [0.25, 0.3) is 0 Å². The highest BCUT2D eigenvalue weighted by atomic mass is 19.1. The van der Waals surface area contributed by atoms with Crippen LogP contribution in [0.15, 0.2) is 42.5 Å². The first-order valence-electron chi connectivity index (χ1n) is 11.0. The van der Waals surface area contributed by atoms with Crippen LogP contribution in [0, 0.1) is 5.82 Å². The number of benzene rings is 2. The molecule has 0 aliphatic carbocycles. The Morgan fingerprint density at radius 1 is 1.06 bits per heavy atom. The number of nitrogens with one attached hydrogen (secondary N) is 2. The fourth-order valence-electron chi connectivity index (χ4n) is 4.14. The molecule has 2 aliphatic rings. The first-order valence-corrected chi connectivity index (χ1v) is 11.0. The van der Waals surface area contributed by atoms with Gasteiger partial charge in [-0.25, -0.2) is 9.18 Å². The SMILES string of the molecule is CC(C)(C)NC(=O)NCC(c1ccc2c(c1)OCO2)N1CCN(c2ccccc2F)CC1. The number of nitrogens with zero attached hydrogens (tertiary/aromatic N) is 2. The van der Waals surface area contributed by atoms with E-state index in [1.54, 1.807) is 6.07 Å². The third kappa shape index (κ3) is 5.24. The largest absolute Gasteiger partial charge is 0.454 e. The summed E-state index contributed by atoms with van der Waals surface area (Å²) < 4.78 is 25.2. The number of halogens is 1. The molecule has 2 aromatic carbocycles. The normalized spacial score (nSPS) is 17.2. The Labute approximate surface area is 188 Å². The van der Waals surface area contributed by atoms with Crippen molar-refractivity contribution in [1.29, 1.82) is 0 Å². The number of hydrogen-bond acceptors (Lipinski definition) is 5. The molecule has 2 N–H and O–H groups in total. The number of ether oxygens (including phenoxy) is 2. The summed E-state index contributed by atoms with van der Waals surface area (Å²) in [5, 5.41) is 5.96. The molecular weight excluding hydrogens is 411 g/mol. The minimum atomic E-state index is -0.316. The molecule has 4 rings (SSSR count). The molecule has 0 spiro atoms. The van der Waals surface area contributed by atoms with Gasteiger partial charge in [-0.05, 0) is 50.6 Å². The lowest BCUT2D eigenvalue weighted by Crippen LogP contribution is -2.52. The minimum Gasteiger partial charge on any atom is -0.454 e. The van der Waals surface area contributed by atoms with Gasteiger partial charge >= 0.3 is 6.03 Å². The summed E-state index contributed by atoms with van der Waals surface area (Å²) >= 11 is 0. The molecular formula is C24H31FN4O3. The summed E-state index contributed by atoms with van der Waals surface area (Å²) in [4.78, 5) is 16.8. The lowest BCUT2D eigenvalue weighted by Gasteiger charge is -2.40. The van der Waals surface area contributed by atoms with E-state index in [4.69, 9.17) is 9.47 Å². The average molecular weight is 443 g/mol. The van der Waals surface area contributed by atoms with Crippen LogP contribution in [0.2, 0.25) is 0 Å². The summed E-state index contributed by atoms with van der Waals surface area (Å²) in [6, 6.07) is 12.6.